The van der Waals surface area contributed by atoms with Gasteiger partial charge in [0.05, 0.1) is 5.41 Å². The number of carboxylic acid groups (broad SMARTS) is 1. The summed E-state index contributed by atoms with van der Waals surface area (Å²) < 4.78 is 5.69. The molecule has 0 radical (unpaired) electrons. The van der Waals surface area contributed by atoms with Crippen molar-refractivity contribution in [1.29, 1.82) is 0 Å². The van der Waals surface area contributed by atoms with Gasteiger partial charge in [-0.2, -0.15) is 0 Å². The van der Waals surface area contributed by atoms with Gasteiger partial charge in [0.2, 0.25) is 5.91 Å². The van der Waals surface area contributed by atoms with Gasteiger partial charge in [-0.05, 0) is 66.2 Å². The van der Waals surface area contributed by atoms with E-state index in [1.54, 1.807) is 4.90 Å². The minimum atomic E-state index is -0.984. The van der Waals surface area contributed by atoms with Gasteiger partial charge >= 0.3 is 12.1 Å². The molecule has 2 aromatic rings. The molecule has 2 saturated heterocycles. The van der Waals surface area contributed by atoms with E-state index in [-0.39, 0.29) is 30.4 Å². The van der Waals surface area contributed by atoms with Crippen LogP contribution in [-0.2, 0) is 14.3 Å². The summed E-state index contributed by atoms with van der Waals surface area (Å²) in [7, 11) is 0. The van der Waals surface area contributed by atoms with Gasteiger partial charge in [0.15, 0.2) is 0 Å². The lowest BCUT2D eigenvalue weighted by Gasteiger charge is -2.39. The minimum Gasteiger partial charge on any atom is -0.479 e. The van der Waals surface area contributed by atoms with Crippen LogP contribution in [0.2, 0.25) is 0 Å². The van der Waals surface area contributed by atoms with E-state index >= 15 is 0 Å². The molecule has 35 heavy (non-hydrogen) atoms. The summed E-state index contributed by atoms with van der Waals surface area (Å²) in [6, 6.07) is 16.3. The van der Waals surface area contributed by atoms with Crippen molar-refractivity contribution in [2.75, 3.05) is 13.2 Å². The van der Waals surface area contributed by atoms with E-state index < -0.39 is 23.0 Å². The Morgan fingerprint density at radius 3 is 2.29 bits per heavy atom. The number of fused-ring (bicyclic) bond motifs is 5. The summed E-state index contributed by atoms with van der Waals surface area (Å²) in [5.41, 5.74) is 3.23. The quantitative estimate of drug-likeness (QED) is 0.691. The number of amides is 2. The summed E-state index contributed by atoms with van der Waals surface area (Å²) in [5.74, 6) is -0.342. The van der Waals surface area contributed by atoms with Crippen molar-refractivity contribution in [2.45, 2.75) is 49.6 Å². The normalized spacial score (nSPS) is 33.4. The number of carboxylic acids is 1. The molecule has 8 rings (SSSR count). The number of carbonyl (C=O) groups excluding carboxylic acids is 2. The molecule has 2 heterocycles. The number of ether oxygens (including phenoxy) is 1. The first-order chi connectivity index (χ1) is 16.9. The maximum atomic E-state index is 13.4. The number of alkyl carbamates (subject to hydrolysis) is 1. The van der Waals surface area contributed by atoms with E-state index in [9.17, 15) is 19.5 Å². The third-order valence-electron chi connectivity index (χ3n) is 9.36. The van der Waals surface area contributed by atoms with Crippen LogP contribution in [0.4, 0.5) is 4.79 Å². The molecule has 2 N–H and O–H groups in total. The van der Waals surface area contributed by atoms with Crippen LogP contribution in [0.15, 0.2) is 48.5 Å². The van der Waals surface area contributed by atoms with Crippen molar-refractivity contribution >= 4 is 18.0 Å². The summed E-state index contributed by atoms with van der Waals surface area (Å²) in [4.78, 5) is 39.7. The first-order valence-electron chi connectivity index (χ1n) is 12.6. The van der Waals surface area contributed by atoms with E-state index in [4.69, 9.17) is 4.74 Å². The second kappa shape index (κ2) is 7.09. The Kier molecular flexibility index (Phi) is 4.25. The van der Waals surface area contributed by atoms with Crippen LogP contribution in [-0.4, -0.2) is 52.7 Å². The highest BCUT2D eigenvalue weighted by Crippen LogP contribution is 2.66. The molecule has 0 aromatic heterocycles. The second-order valence-corrected chi connectivity index (χ2v) is 11.2. The molecule has 6 aliphatic rings. The molecule has 3 atom stereocenters. The predicted molar refractivity (Wildman–Crippen MR) is 127 cm³/mol. The topological polar surface area (TPSA) is 95.9 Å². The molecular formula is C28H28N2O5. The van der Waals surface area contributed by atoms with Crippen molar-refractivity contribution in [2.24, 2.45) is 17.3 Å². The van der Waals surface area contributed by atoms with Gasteiger partial charge in [0.1, 0.15) is 12.1 Å². The second-order valence-electron chi connectivity index (χ2n) is 11.2. The first-order valence-corrected chi connectivity index (χ1v) is 12.6. The highest BCUT2D eigenvalue weighted by atomic mass is 16.5. The van der Waals surface area contributed by atoms with E-state index in [1.807, 2.05) is 24.3 Å². The highest BCUT2D eigenvalue weighted by Gasteiger charge is 2.71. The van der Waals surface area contributed by atoms with Crippen LogP contribution < -0.4 is 5.32 Å². The van der Waals surface area contributed by atoms with Crippen molar-refractivity contribution in [3.05, 3.63) is 59.7 Å². The summed E-state index contributed by atoms with van der Waals surface area (Å²) in [5, 5.41) is 12.7. The fourth-order valence-electron chi connectivity index (χ4n) is 7.59. The van der Waals surface area contributed by atoms with Crippen LogP contribution in [0.5, 0.6) is 0 Å². The predicted octanol–water partition coefficient (Wildman–Crippen LogP) is 3.77. The van der Waals surface area contributed by atoms with Crippen LogP contribution in [0, 0.1) is 17.3 Å². The lowest BCUT2D eigenvalue weighted by Crippen LogP contribution is -2.56. The molecule has 7 nitrogen and oxygen atoms in total. The zero-order chi connectivity index (χ0) is 23.9. The zero-order valence-electron chi connectivity index (χ0n) is 19.4. The Morgan fingerprint density at radius 1 is 0.971 bits per heavy atom. The molecule has 3 saturated carbocycles. The number of nitrogens with zero attached hydrogens (tertiary/aromatic N) is 1. The molecule has 0 spiro atoms. The van der Waals surface area contributed by atoms with E-state index in [0.717, 1.165) is 12.8 Å². The van der Waals surface area contributed by atoms with Crippen molar-refractivity contribution in [3.8, 4) is 11.1 Å². The maximum absolute atomic E-state index is 13.4. The van der Waals surface area contributed by atoms with Gasteiger partial charge in [-0.15, -0.1) is 0 Å². The van der Waals surface area contributed by atoms with Crippen LogP contribution in [0.3, 0.4) is 0 Å². The minimum absolute atomic E-state index is 0.00640. The summed E-state index contributed by atoms with van der Waals surface area (Å²) >= 11 is 0. The van der Waals surface area contributed by atoms with Crippen molar-refractivity contribution in [1.82, 2.24) is 10.2 Å². The zero-order valence-corrected chi connectivity index (χ0v) is 19.4. The number of hydrogen-bond acceptors (Lipinski definition) is 4. The standard InChI is InChI=1S/C28H28N2O5/c31-24(30-14-16-10-28(30,11-16)25(32)33)27-12-17(27)9-18(13-27)29-26(34)35-15-23-21-7-3-1-5-19(21)20-6-2-4-8-22(20)23/h1-8,16-18,23H,9-15H2,(H,29,34)(H,32,33)/t16?,17-,18+,27+,28?/m1/s1. The number of rotatable bonds is 5. The lowest BCUT2D eigenvalue weighted by molar-refractivity contribution is -0.160. The molecule has 4 aliphatic carbocycles. The molecule has 0 unspecified atom stereocenters. The molecular weight excluding hydrogens is 444 g/mol. The Bertz CT molecular complexity index is 1220. The maximum Gasteiger partial charge on any atom is 0.407 e. The van der Waals surface area contributed by atoms with Gasteiger partial charge < -0.3 is 20.1 Å². The third-order valence-corrected chi connectivity index (χ3v) is 9.36. The van der Waals surface area contributed by atoms with Gasteiger partial charge in [-0.1, -0.05) is 48.5 Å². The molecule has 2 bridgehead atoms. The highest BCUT2D eigenvalue weighted by molar-refractivity contribution is 5.94. The summed E-state index contributed by atoms with van der Waals surface area (Å²) in [6.07, 6.45) is 2.81. The SMILES string of the molecule is O=C(N[C@H]1C[C@@H]2C[C@]2(C(=O)N2CC3CC2(C(=O)O)C3)C1)OCC1c2ccccc2-c2ccccc21. The number of benzene rings is 2. The third kappa shape index (κ3) is 2.87. The smallest absolute Gasteiger partial charge is 0.407 e. The van der Waals surface area contributed by atoms with Crippen LogP contribution >= 0.6 is 0 Å². The molecule has 180 valence electrons. The number of nitrogens with one attached hydrogen (secondary N) is 1. The largest absolute Gasteiger partial charge is 0.479 e. The van der Waals surface area contributed by atoms with E-state index in [0.29, 0.717) is 31.7 Å². The Labute approximate surface area is 203 Å². The Hall–Kier alpha value is -3.35. The average molecular weight is 473 g/mol. The summed E-state index contributed by atoms with van der Waals surface area (Å²) in [6.45, 7) is 0.820. The number of aliphatic carboxylic acids is 1. The molecule has 5 fully saturated rings. The Balaban J connectivity index is 0.992. The van der Waals surface area contributed by atoms with Crippen molar-refractivity contribution in [3.63, 3.8) is 0 Å². The molecule has 2 aromatic carbocycles. The van der Waals surface area contributed by atoms with Crippen LogP contribution in [0.1, 0.15) is 49.1 Å². The number of carbonyl (C=O) groups is 3. The van der Waals surface area contributed by atoms with Gasteiger partial charge in [0.25, 0.3) is 0 Å². The first kappa shape index (κ1) is 21.0. The van der Waals surface area contributed by atoms with Gasteiger partial charge in [-0.3, -0.25) is 4.79 Å². The van der Waals surface area contributed by atoms with Gasteiger partial charge in [0, 0.05) is 18.5 Å². The molecule has 7 heteroatoms. The average Bonchev–Trinajstić information content (AvgIpc) is 3.22. The number of hydrogen-bond donors (Lipinski definition) is 2. The van der Waals surface area contributed by atoms with Crippen LogP contribution in [0.25, 0.3) is 11.1 Å². The Morgan fingerprint density at radius 2 is 1.63 bits per heavy atom. The monoisotopic (exact) mass is 472 g/mol. The van der Waals surface area contributed by atoms with Gasteiger partial charge in [-0.25, -0.2) is 9.59 Å². The van der Waals surface area contributed by atoms with Crippen molar-refractivity contribution < 1.29 is 24.2 Å². The fourth-order valence-corrected chi connectivity index (χ4v) is 7.59. The van der Waals surface area contributed by atoms with E-state index in [2.05, 4.69) is 29.6 Å². The van der Waals surface area contributed by atoms with E-state index in [1.165, 1.54) is 22.3 Å². The molecule has 2 amide bonds. The lowest BCUT2D eigenvalue weighted by atomic mass is 9.73. The molecule has 2 aliphatic heterocycles. The fraction of sp³-hybridized carbons (Fsp3) is 0.464.